The standard InChI is InChI=1S/C19H18F2N2O2/c1-22-12-18(24)23(11-14-7-8-15(20)16(21)9-14)17(19(22)25)10-13-5-3-2-4-6-13/h2-9,17H,10-12H2,1H3/t17-/m0/s1. The van der Waals surface area contributed by atoms with Crippen LogP contribution in [0.3, 0.4) is 0 Å². The zero-order valence-electron chi connectivity index (χ0n) is 13.8. The predicted molar refractivity (Wildman–Crippen MR) is 88.5 cm³/mol. The van der Waals surface area contributed by atoms with Gasteiger partial charge in [-0.1, -0.05) is 36.4 Å². The molecule has 25 heavy (non-hydrogen) atoms. The van der Waals surface area contributed by atoms with Crippen LogP contribution in [0.25, 0.3) is 0 Å². The van der Waals surface area contributed by atoms with E-state index in [9.17, 15) is 18.4 Å². The van der Waals surface area contributed by atoms with Crippen molar-refractivity contribution < 1.29 is 18.4 Å². The highest BCUT2D eigenvalue weighted by Crippen LogP contribution is 2.20. The van der Waals surface area contributed by atoms with Crippen LogP contribution in [0.5, 0.6) is 0 Å². The van der Waals surface area contributed by atoms with Gasteiger partial charge in [0.15, 0.2) is 11.6 Å². The normalized spacial score (nSPS) is 18.0. The van der Waals surface area contributed by atoms with Crippen molar-refractivity contribution in [2.45, 2.75) is 19.0 Å². The summed E-state index contributed by atoms with van der Waals surface area (Å²) in [6.07, 6.45) is 0.374. The molecule has 1 saturated heterocycles. The summed E-state index contributed by atoms with van der Waals surface area (Å²) in [6, 6.07) is 12.2. The Morgan fingerprint density at radius 1 is 1.00 bits per heavy atom. The molecule has 0 spiro atoms. The Morgan fingerprint density at radius 2 is 1.72 bits per heavy atom. The number of amides is 2. The summed E-state index contributed by atoms with van der Waals surface area (Å²) in [7, 11) is 1.59. The minimum Gasteiger partial charge on any atom is -0.335 e. The van der Waals surface area contributed by atoms with Crippen molar-refractivity contribution in [2.75, 3.05) is 13.6 Å². The average Bonchev–Trinajstić information content (AvgIpc) is 2.60. The Bertz CT molecular complexity index is 795. The summed E-state index contributed by atoms with van der Waals surface area (Å²) in [4.78, 5) is 27.9. The largest absolute Gasteiger partial charge is 0.335 e. The van der Waals surface area contributed by atoms with E-state index in [0.29, 0.717) is 12.0 Å². The van der Waals surface area contributed by atoms with Gasteiger partial charge < -0.3 is 9.80 Å². The molecule has 0 N–H and O–H groups in total. The molecule has 2 amide bonds. The second kappa shape index (κ2) is 7.01. The number of nitrogens with zero attached hydrogens (tertiary/aromatic N) is 2. The van der Waals surface area contributed by atoms with Crippen LogP contribution in [0.1, 0.15) is 11.1 Å². The lowest BCUT2D eigenvalue weighted by atomic mass is 10.0. The fourth-order valence-electron chi connectivity index (χ4n) is 3.00. The first kappa shape index (κ1) is 17.1. The Morgan fingerprint density at radius 3 is 2.40 bits per heavy atom. The number of rotatable bonds is 4. The summed E-state index contributed by atoms with van der Waals surface area (Å²) in [6.45, 7) is 0.0426. The van der Waals surface area contributed by atoms with Gasteiger partial charge in [-0.3, -0.25) is 9.59 Å². The molecule has 0 bridgehead atoms. The highest BCUT2D eigenvalue weighted by atomic mass is 19.2. The first-order chi connectivity index (χ1) is 12.0. The second-order valence-electron chi connectivity index (χ2n) is 6.17. The van der Waals surface area contributed by atoms with Gasteiger partial charge in [0.25, 0.3) is 0 Å². The summed E-state index contributed by atoms with van der Waals surface area (Å²) in [5, 5.41) is 0. The van der Waals surface area contributed by atoms with Crippen LogP contribution < -0.4 is 0 Å². The topological polar surface area (TPSA) is 40.6 Å². The van der Waals surface area contributed by atoms with Gasteiger partial charge in [0.2, 0.25) is 11.8 Å². The molecule has 1 heterocycles. The molecular formula is C19H18F2N2O2. The maximum absolute atomic E-state index is 13.5. The Hall–Kier alpha value is -2.76. The lowest BCUT2D eigenvalue weighted by Gasteiger charge is -2.39. The van der Waals surface area contributed by atoms with E-state index in [2.05, 4.69) is 0 Å². The number of carbonyl (C=O) groups excluding carboxylic acids is 2. The van der Waals surface area contributed by atoms with Gasteiger partial charge in [-0.15, -0.1) is 0 Å². The highest BCUT2D eigenvalue weighted by molar-refractivity contribution is 5.94. The zero-order valence-corrected chi connectivity index (χ0v) is 13.8. The van der Waals surface area contributed by atoms with Crippen LogP contribution in [0.4, 0.5) is 8.78 Å². The molecular weight excluding hydrogens is 326 g/mol. The van der Waals surface area contributed by atoms with E-state index in [1.54, 1.807) is 7.05 Å². The second-order valence-corrected chi connectivity index (χ2v) is 6.17. The maximum Gasteiger partial charge on any atom is 0.245 e. The fraction of sp³-hybridized carbons (Fsp3) is 0.263. The van der Waals surface area contributed by atoms with Gasteiger partial charge in [0, 0.05) is 20.0 Å². The summed E-state index contributed by atoms with van der Waals surface area (Å²) < 4.78 is 26.6. The van der Waals surface area contributed by atoms with Gasteiger partial charge in [-0.2, -0.15) is 0 Å². The third-order valence-corrected chi connectivity index (χ3v) is 4.34. The third-order valence-electron chi connectivity index (χ3n) is 4.34. The molecule has 1 fully saturated rings. The van der Waals surface area contributed by atoms with Crippen LogP contribution in [-0.4, -0.2) is 41.2 Å². The quantitative estimate of drug-likeness (QED) is 0.854. The van der Waals surface area contributed by atoms with E-state index in [1.807, 2.05) is 30.3 Å². The Labute approximate surface area is 144 Å². The zero-order chi connectivity index (χ0) is 18.0. The van der Waals surface area contributed by atoms with Crippen molar-refractivity contribution in [3.63, 3.8) is 0 Å². The van der Waals surface area contributed by atoms with Crippen molar-refractivity contribution in [2.24, 2.45) is 0 Å². The number of likely N-dealkylation sites (N-methyl/N-ethyl adjacent to an activating group) is 1. The number of hydrogen-bond donors (Lipinski definition) is 0. The van der Waals surface area contributed by atoms with E-state index >= 15 is 0 Å². The average molecular weight is 344 g/mol. The molecule has 2 aromatic rings. The lowest BCUT2D eigenvalue weighted by Crippen LogP contribution is -2.59. The summed E-state index contributed by atoms with van der Waals surface area (Å²) in [5.41, 5.74) is 1.38. The SMILES string of the molecule is CN1CC(=O)N(Cc2ccc(F)c(F)c2)[C@@H](Cc2ccccc2)C1=O. The van der Waals surface area contributed by atoms with Crippen LogP contribution in [0, 0.1) is 11.6 Å². The van der Waals surface area contributed by atoms with Crippen molar-refractivity contribution in [1.29, 1.82) is 0 Å². The smallest absolute Gasteiger partial charge is 0.245 e. The van der Waals surface area contributed by atoms with E-state index in [1.165, 1.54) is 15.9 Å². The van der Waals surface area contributed by atoms with E-state index < -0.39 is 17.7 Å². The molecule has 130 valence electrons. The van der Waals surface area contributed by atoms with Crippen LogP contribution >= 0.6 is 0 Å². The molecule has 4 nitrogen and oxygen atoms in total. The van der Waals surface area contributed by atoms with Gasteiger partial charge in [-0.25, -0.2) is 8.78 Å². The number of hydrogen-bond acceptors (Lipinski definition) is 2. The van der Waals surface area contributed by atoms with E-state index in [0.717, 1.165) is 17.7 Å². The van der Waals surface area contributed by atoms with Crippen LogP contribution in [0.2, 0.25) is 0 Å². The molecule has 0 aliphatic carbocycles. The highest BCUT2D eigenvalue weighted by Gasteiger charge is 2.37. The van der Waals surface area contributed by atoms with Gasteiger partial charge in [0.1, 0.15) is 6.04 Å². The van der Waals surface area contributed by atoms with Gasteiger partial charge in [0.05, 0.1) is 6.54 Å². The molecule has 0 radical (unpaired) electrons. The number of halogens is 2. The lowest BCUT2D eigenvalue weighted by molar-refractivity contribution is -0.155. The minimum atomic E-state index is -0.968. The predicted octanol–water partition coefficient (Wildman–Crippen LogP) is 2.38. The molecule has 0 aromatic heterocycles. The van der Waals surface area contributed by atoms with Crippen molar-refractivity contribution in [3.05, 3.63) is 71.3 Å². The molecule has 3 rings (SSSR count). The van der Waals surface area contributed by atoms with Gasteiger partial charge in [-0.05, 0) is 23.3 Å². The first-order valence-electron chi connectivity index (χ1n) is 7.98. The number of benzene rings is 2. The summed E-state index contributed by atoms with van der Waals surface area (Å²) >= 11 is 0. The maximum atomic E-state index is 13.5. The molecule has 1 atom stereocenters. The van der Waals surface area contributed by atoms with Crippen LogP contribution in [-0.2, 0) is 22.6 Å². The Balaban J connectivity index is 1.87. The summed E-state index contributed by atoms with van der Waals surface area (Å²) in [5.74, 6) is -2.28. The van der Waals surface area contributed by atoms with E-state index in [4.69, 9.17) is 0 Å². The van der Waals surface area contributed by atoms with Crippen molar-refractivity contribution in [1.82, 2.24) is 9.80 Å². The molecule has 1 aliphatic rings. The molecule has 2 aromatic carbocycles. The van der Waals surface area contributed by atoms with Crippen LogP contribution in [0.15, 0.2) is 48.5 Å². The minimum absolute atomic E-state index is 0.0200. The molecule has 0 unspecified atom stereocenters. The number of piperazine rings is 1. The first-order valence-corrected chi connectivity index (χ1v) is 7.98. The molecule has 1 aliphatic heterocycles. The number of carbonyl (C=O) groups is 2. The van der Waals surface area contributed by atoms with Gasteiger partial charge >= 0.3 is 0 Å². The third kappa shape index (κ3) is 3.68. The van der Waals surface area contributed by atoms with Crippen molar-refractivity contribution >= 4 is 11.8 Å². The molecule has 0 saturated carbocycles. The van der Waals surface area contributed by atoms with E-state index in [-0.39, 0.29) is 24.9 Å². The van der Waals surface area contributed by atoms with Crippen molar-refractivity contribution in [3.8, 4) is 0 Å². The monoisotopic (exact) mass is 344 g/mol. The molecule has 6 heteroatoms. The Kier molecular flexibility index (Phi) is 4.79. The fourth-order valence-corrected chi connectivity index (χ4v) is 3.00.